The van der Waals surface area contributed by atoms with Gasteiger partial charge in [-0.3, -0.25) is 4.79 Å². The monoisotopic (exact) mass is 410 g/mol. The topological polar surface area (TPSA) is 43.3 Å². The normalized spacial score (nSPS) is 17.2. The summed E-state index contributed by atoms with van der Waals surface area (Å²) < 4.78 is 8.96. The van der Waals surface area contributed by atoms with Gasteiger partial charge in [0.15, 0.2) is 0 Å². The molecule has 2 aromatic heterocycles. The first kappa shape index (κ1) is 20.2. The molecule has 1 aliphatic heterocycles. The van der Waals surface area contributed by atoms with Gasteiger partial charge < -0.3 is 14.6 Å². The van der Waals surface area contributed by atoms with E-state index in [9.17, 15) is 4.79 Å². The largest absolute Gasteiger partial charge is 0.376 e. The third-order valence-corrected chi connectivity index (χ3v) is 6.61. The van der Waals surface area contributed by atoms with Crippen molar-refractivity contribution < 1.29 is 9.53 Å². The number of rotatable bonds is 5. The maximum Gasteiger partial charge on any atom is 0.268 e. The van der Waals surface area contributed by atoms with Gasteiger partial charge in [-0.05, 0) is 48.4 Å². The third-order valence-electron chi connectivity index (χ3n) is 5.62. The summed E-state index contributed by atoms with van der Waals surface area (Å²) in [6.45, 7) is 10.9. The Balaban J connectivity index is 1.59. The average Bonchev–Trinajstić information content (AvgIpc) is 3.37. The first-order valence-electron chi connectivity index (χ1n) is 10.4. The molecule has 0 radical (unpaired) electrons. The standard InChI is InChI=1S/C24H30N2O2S/c1-16-12-20-22(29-16)13-21(23(27)25-14-19-6-5-11-28-19)26(20)15-17-7-9-18(10-8-17)24(2,3)4/h7-10,12-13,19H,5-6,11,14-15H2,1-4H3,(H,25,27). The highest BCUT2D eigenvalue weighted by atomic mass is 32.1. The predicted octanol–water partition coefficient (Wildman–Crippen LogP) is 5.27. The van der Waals surface area contributed by atoms with Crippen molar-refractivity contribution in [2.75, 3.05) is 13.2 Å². The molecule has 1 amide bonds. The number of aromatic nitrogens is 1. The summed E-state index contributed by atoms with van der Waals surface area (Å²) in [4.78, 5) is 14.2. The Morgan fingerprint density at radius 1 is 1.24 bits per heavy atom. The van der Waals surface area contributed by atoms with Gasteiger partial charge in [0.05, 0.1) is 16.3 Å². The van der Waals surface area contributed by atoms with Crippen molar-refractivity contribution in [1.82, 2.24) is 9.88 Å². The molecule has 0 aliphatic carbocycles. The van der Waals surface area contributed by atoms with Crippen LogP contribution in [0.3, 0.4) is 0 Å². The molecule has 0 bridgehead atoms. The van der Waals surface area contributed by atoms with Crippen LogP contribution in [0.4, 0.5) is 0 Å². The fourth-order valence-corrected chi connectivity index (χ4v) is 4.88. The third kappa shape index (κ3) is 4.41. The number of amides is 1. The van der Waals surface area contributed by atoms with Crippen LogP contribution in [0.25, 0.3) is 10.2 Å². The Bertz CT molecular complexity index is 1000. The summed E-state index contributed by atoms with van der Waals surface area (Å²) >= 11 is 1.74. The van der Waals surface area contributed by atoms with Crippen LogP contribution in [0.15, 0.2) is 36.4 Å². The minimum absolute atomic E-state index is 0.0205. The molecule has 1 aromatic carbocycles. The number of thiophene rings is 1. The van der Waals surface area contributed by atoms with Crippen LogP contribution >= 0.6 is 11.3 Å². The molecule has 1 atom stereocenters. The van der Waals surface area contributed by atoms with Gasteiger partial charge in [0.25, 0.3) is 5.91 Å². The van der Waals surface area contributed by atoms with E-state index < -0.39 is 0 Å². The van der Waals surface area contributed by atoms with Gasteiger partial charge in [0.2, 0.25) is 0 Å². The van der Waals surface area contributed by atoms with Gasteiger partial charge >= 0.3 is 0 Å². The summed E-state index contributed by atoms with van der Waals surface area (Å²) in [5.41, 5.74) is 4.52. The molecule has 3 heterocycles. The van der Waals surface area contributed by atoms with Crippen molar-refractivity contribution in [3.63, 3.8) is 0 Å². The van der Waals surface area contributed by atoms with Crippen LogP contribution in [-0.4, -0.2) is 29.7 Å². The molecule has 3 aromatic rings. The van der Waals surface area contributed by atoms with Crippen molar-refractivity contribution in [3.8, 4) is 0 Å². The van der Waals surface area contributed by atoms with E-state index in [1.807, 2.05) is 6.07 Å². The lowest BCUT2D eigenvalue weighted by molar-refractivity contribution is 0.0851. The summed E-state index contributed by atoms with van der Waals surface area (Å²) in [6.07, 6.45) is 2.25. The van der Waals surface area contributed by atoms with Crippen LogP contribution in [0, 0.1) is 6.92 Å². The van der Waals surface area contributed by atoms with Crippen molar-refractivity contribution in [2.24, 2.45) is 0 Å². The quantitative estimate of drug-likeness (QED) is 0.623. The first-order valence-corrected chi connectivity index (χ1v) is 11.2. The van der Waals surface area contributed by atoms with Gasteiger partial charge in [-0.1, -0.05) is 45.0 Å². The summed E-state index contributed by atoms with van der Waals surface area (Å²) in [6, 6.07) is 13.0. The summed E-state index contributed by atoms with van der Waals surface area (Å²) in [7, 11) is 0. The van der Waals surface area contributed by atoms with E-state index in [0.29, 0.717) is 13.1 Å². The lowest BCUT2D eigenvalue weighted by Crippen LogP contribution is -2.33. The van der Waals surface area contributed by atoms with E-state index in [1.165, 1.54) is 16.0 Å². The smallest absolute Gasteiger partial charge is 0.268 e. The molecule has 0 saturated carbocycles. The highest BCUT2D eigenvalue weighted by molar-refractivity contribution is 7.19. The van der Waals surface area contributed by atoms with Gasteiger partial charge in [0, 0.05) is 24.6 Å². The summed E-state index contributed by atoms with van der Waals surface area (Å²) in [5.74, 6) is -0.0205. The van der Waals surface area contributed by atoms with Crippen LogP contribution in [0.2, 0.25) is 0 Å². The van der Waals surface area contributed by atoms with E-state index in [-0.39, 0.29) is 17.4 Å². The average molecular weight is 411 g/mol. The minimum atomic E-state index is -0.0205. The Hall–Kier alpha value is -2.11. The van der Waals surface area contributed by atoms with E-state index in [1.54, 1.807) is 11.3 Å². The number of carbonyl (C=O) groups excluding carboxylic acids is 1. The lowest BCUT2D eigenvalue weighted by Gasteiger charge is -2.19. The number of nitrogens with zero attached hydrogens (tertiary/aromatic N) is 1. The maximum absolute atomic E-state index is 13.0. The molecule has 4 rings (SSSR count). The zero-order valence-corrected chi connectivity index (χ0v) is 18.6. The number of ether oxygens (including phenoxy) is 1. The molecule has 1 N–H and O–H groups in total. The fourth-order valence-electron chi connectivity index (χ4n) is 3.92. The van der Waals surface area contributed by atoms with Crippen LogP contribution in [-0.2, 0) is 16.7 Å². The molecule has 1 aliphatic rings. The summed E-state index contributed by atoms with van der Waals surface area (Å²) in [5, 5.41) is 3.08. The minimum Gasteiger partial charge on any atom is -0.376 e. The number of benzene rings is 1. The molecule has 0 spiro atoms. The van der Waals surface area contributed by atoms with Gasteiger partial charge in [-0.15, -0.1) is 11.3 Å². The predicted molar refractivity (Wildman–Crippen MR) is 120 cm³/mol. The molecule has 154 valence electrons. The van der Waals surface area contributed by atoms with Gasteiger partial charge in [-0.2, -0.15) is 0 Å². The molecule has 5 heteroatoms. The van der Waals surface area contributed by atoms with E-state index in [0.717, 1.165) is 35.4 Å². The van der Waals surface area contributed by atoms with E-state index >= 15 is 0 Å². The second-order valence-electron chi connectivity index (χ2n) is 9.01. The number of nitrogens with one attached hydrogen (secondary N) is 1. The molecule has 1 fully saturated rings. The number of aryl methyl sites for hydroxylation is 1. The number of hydrogen-bond acceptors (Lipinski definition) is 3. The highest BCUT2D eigenvalue weighted by Gasteiger charge is 2.21. The van der Waals surface area contributed by atoms with E-state index in [2.05, 4.69) is 67.9 Å². The van der Waals surface area contributed by atoms with Crippen LogP contribution < -0.4 is 5.32 Å². The maximum atomic E-state index is 13.0. The van der Waals surface area contributed by atoms with Crippen LogP contribution in [0.5, 0.6) is 0 Å². The first-order chi connectivity index (χ1) is 13.8. The van der Waals surface area contributed by atoms with Gasteiger partial charge in [-0.25, -0.2) is 0 Å². The molecular formula is C24H30N2O2S. The zero-order valence-electron chi connectivity index (χ0n) is 17.7. The molecule has 29 heavy (non-hydrogen) atoms. The molecular weight excluding hydrogens is 380 g/mol. The number of hydrogen-bond donors (Lipinski definition) is 1. The lowest BCUT2D eigenvalue weighted by atomic mass is 9.87. The second kappa shape index (κ2) is 7.96. The molecule has 1 unspecified atom stereocenters. The number of fused-ring (bicyclic) bond motifs is 1. The Morgan fingerprint density at radius 3 is 2.66 bits per heavy atom. The van der Waals surface area contributed by atoms with Gasteiger partial charge in [0.1, 0.15) is 5.69 Å². The second-order valence-corrected chi connectivity index (χ2v) is 10.3. The van der Waals surface area contributed by atoms with E-state index in [4.69, 9.17) is 4.74 Å². The Morgan fingerprint density at radius 2 is 2.00 bits per heavy atom. The molecule has 1 saturated heterocycles. The van der Waals surface area contributed by atoms with Crippen molar-refractivity contribution >= 4 is 27.5 Å². The van der Waals surface area contributed by atoms with Crippen molar-refractivity contribution in [3.05, 3.63) is 58.1 Å². The molecule has 4 nitrogen and oxygen atoms in total. The Labute approximate surface area is 176 Å². The number of carbonyl (C=O) groups is 1. The Kier molecular flexibility index (Phi) is 5.54. The zero-order chi connectivity index (χ0) is 20.6. The van der Waals surface area contributed by atoms with Crippen LogP contribution in [0.1, 0.15) is 60.1 Å². The highest BCUT2D eigenvalue weighted by Crippen LogP contribution is 2.30. The SMILES string of the molecule is Cc1cc2c(cc(C(=O)NCC3CCCO3)n2Cc2ccc(C(C)(C)C)cc2)s1. The van der Waals surface area contributed by atoms with Crippen molar-refractivity contribution in [1.29, 1.82) is 0 Å². The van der Waals surface area contributed by atoms with Crippen molar-refractivity contribution in [2.45, 2.75) is 58.6 Å². The fraction of sp³-hybridized carbons (Fsp3) is 0.458.